The van der Waals surface area contributed by atoms with Gasteiger partial charge in [0.1, 0.15) is 0 Å². The summed E-state index contributed by atoms with van der Waals surface area (Å²) in [5, 5.41) is 9.16. The van der Waals surface area contributed by atoms with Crippen LogP contribution < -0.4 is 0 Å². The van der Waals surface area contributed by atoms with E-state index in [1.54, 1.807) is 11.9 Å². The van der Waals surface area contributed by atoms with E-state index in [-0.39, 0.29) is 25.1 Å². The van der Waals surface area contributed by atoms with Crippen molar-refractivity contribution < 1.29 is 14.7 Å². The van der Waals surface area contributed by atoms with Crippen LogP contribution >= 0.6 is 0 Å². The first-order valence-electron chi connectivity index (χ1n) is 9.49. The first kappa shape index (κ1) is 18.5. The average molecular weight is 383 g/mol. The molecule has 2 unspecified atom stereocenters. The maximum Gasteiger partial charge on any atom is 0.328 e. The minimum Gasteiger partial charge on any atom is -0.396 e. The van der Waals surface area contributed by atoms with Crippen LogP contribution in [0.1, 0.15) is 24.5 Å². The minimum absolute atomic E-state index is 0.0889. The van der Waals surface area contributed by atoms with E-state index >= 15 is 0 Å². The highest BCUT2D eigenvalue weighted by molar-refractivity contribution is 6.04. The van der Waals surface area contributed by atoms with Crippen molar-refractivity contribution in [1.29, 1.82) is 0 Å². The summed E-state index contributed by atoms with van der Waals surface area (Å²) in [6, 6.07) is 6.94. The Kier molecular flexibility index (Phi) is 4.58. The van der Waals surface area contributed by atoms with Crippen molar-refractivity contribution >= 4 is 17.9 Å². The fourth-order valence-corrected chi connectivity index (χ4v) is 3.93. The van der Waals surface area contributed by atoms with Gasteiger partial charge in [-0.1, -0.05) is 29.8 Å². The van der Waals surface area contributed by atoms with Crippen LogP contribution in [0.4, 0.5) is 4.79 Å². The molecule has 0 bridgehead atoms. The van der Waals surface area contributed by atoms with Gasteiger partial charge < -0.3 is 19.8 Å². The van der Waals surface area contributed by atoms with Crippen molar-refractivity contribution in [3.8, 4) is 0 Å². The second-order valence-electron chi connectivity index (χ2n) is 7.50. The number of guanidine groups is 1. The number of carbonyl (C=O) groups excluding carboxylic acids is 2. The van der Waals surface area contributed by atoms with Crippen LogP contribution in [0.3, 0.4) is 0 Å². The van der Waals surface area contributed by atoms with Gasteiger partial charge in [-0.3, -0.25) is 9.69 Å². The maximum absolute atomic E-state index is 13.3. The molecule has 4 rings (SSSR count). The third kappa shape index (κ3) is 2.84. The number of aliphatic hydroxyl groups excluding tert-OH is 1. The zero-order valence-corrected chi connectivity index (χ0v) is 16.4. The molecule has 1 aromatic rings. The number of hydrogen-bond acceptors (Lipinski definition) is 6. The van der Waals surface area contributed by atoms with E-state index in [4.69, 9.17) is 5.11 Å². The van der Waals surface area contributed by atoms with Gasteiger partial charge in [-0.05, 0) is 25.8 Å². The van der Waals surface area contributed by atoms with Gasteiger partial charge >= 0.3 is 6.03 Å². The quantitative estimate of drug-likeness (QED) is 0.830. The second-order valence-corrected chi connectivity index (χ2v) is 7.50. The molecule has 8 nitrogen and oxygen atoms in total. The minimum atomic E-state index is -0.558. The molecule has 0 aromatic heterocycles. The summed E-state index contributed by atoms with van der Waals surface area (Å²) in [7, 11) is 1.69. The molecule has 0 spiro atoms. The molecule has 3 heterocycles. The Morgan fingerprint density at radius 3 is 2.50 bits per heavy atom. The third-order valence-corrected chi connectivity index (χ3v) is 5.50. The Hall–Kier alpha value is -2.87. The summed E-state index contributed by atoms with van der Waals surface area (Å²) in [4.78, 5) is 37.5. The van der Waals surface area contributed by atoms with E-state index in [0.29, 0.717) is 18.9 Å². The zero-order valence-electron chi connectivity index (χ0n) is 16.4. The van der Waals surface area contributed by atoms with Crippen LogP contribution in [0.2, 0.25) is 0 Å². The smallest absolute Gasteiger partial charge is 0.328 e. The van der Waals surface area contributed by atoms with E-state index in [9.17, 15) is 9.59 Å². The number of aliphatic hydroxyl groups is 1. The van der Waals surface area contributed by atoms with Gasteiger partial charge in [0, 0.05) is 32.1 Å². The summed E-state index contributed by atoms with van der Waals surface area (Å²) in [6.07, 6.45) is 1.98. The lowest BCUT2D eigenvalue weighted by atomic mass is 10.1. The summed E-state index contributed by atoms with van der Waals surface area (Å²) in [5.74, 6) is 0.437. The number of nitrogens with zero attached hydrogens (tertiary/aromatic N) is 5. The number of hydrogen-bond donors (Lipinski definition) is 1. The molecule has 1 aromatic carbocycles. The largest absolute Gasteiger partial charge is 0.396 e. The Morgan fingerprint density at radius 1 is 1.11 bits per heavy atom. The lowest BCUT2D eigenvalue weighted by Crippen LogP contribution is -2.63. The van der Waals surface area contributed by atoms with Crippen LogP contribution in [0.5, 0.6) is 0 Å². The molecule has 1 saturated heterocycles. The van der Waals surface area contributed by atoms with Gasteiger partial charge in [0.15, 0.2) is 12.2 Å². The van der Waals surface area contributed by atoms with Gasteiger partial charge in [-0.15, -0.1) is 0 Å². The van der Waals surface area contributed by atoms with Gasteiger partial charge in [0.05, 0.1) is 6.54 Å². The molecule has 0 radical (unpaired) electrons. The molecule has 0 saturated carbocycles. The second kappa shape index (κ2) is 6.94. The molecule has 148 valence electrons. The van der Waals surface area contributed by atoms with E-state index in [1.807, 2.05) is 54.1 Å². The number of urea groups is 1. The molecular formula is C20H25N5O3. The highest BCUT2D eigenvalue weighted by atomic mass is 16.3. The van der Waals surface area contributed by atoms with Crippen LogP contribution in [0.15, 0.2) is 41.2 Å². The SMILES string of the molecule is CC1=CN2C(=NC3C2C(=O)N(Cc2ccc(C)cc2)C(=O)N3C)N1CCCO. The number of likely N-dealkylation sites (N-methyl/N-ethyl adjacent to an activating group) is 1. The molecule has 1 fully saturated rings. The predicted octanol–water partition coefficient (Wildman–Crippen LogP) is 1.31. The van der Waals surface area contributed by atoms with Crippen molar-refractivity contribution in [3.63, 3.8) is 0 Å². The van der Waals surface area contributed by atoms with Crippen LogP contribution in [-0.4, -0.2) is 75.0 Å². The number of carbonyl (C=O) groups is 2. The third-order valence-electron chi connectivity index (χ3n) is 5.50. The normalized spacial score (nSPS) is 23.9. The van der Waals surface area contributed by atoms with Crippen LogP contribution in [0.25, 0.3) is 0 Å². The molecule has 2 atom stereocenters. The monoisotopic (exact) mass is 383 g/mol. The fraction of sp³-hybridized carbons (Fsp3) is 0.450. The number of aryl methyl sites for hydroxylation is 1. The molecular weight excluding hydrogens is 358 g/mol. The Morgan fingerprint density at radius 2 is 1.82 bits per heavy atom. The standard InChI is InChI=1S/C20H25N5O3/c1-13-5-7-15(8-6-13)12-25-18(27)16-17(22(3)20(25)28)21-19-23(9-4-10-26)14(2)11-24(16)19/h5-8,11,16-17,26H,4,9-10,12H2,1-3H3. The molecule has 3 aliphatic rings. The van der Waals surface area contributed by atoms with E-state index in [1.165, 1.54) is 4.90 Å². The van der Waals surface area contributed by atoms with E-state index in [0.717, 1.165) is 16.8 Å². The first-order valence-corrected chi connectivity index (χ1v) is 9.49. The van der Waals surface area contributed by atoms with Gasteiger partial charge in [-0.2, -0.15) is 0 Å². The molecule has 0 aliphatic carbocycles. The number of allylic oxidation sites excluding steroid dienone is 1. The fourth-order valence-electron chi connectivity index (χ4n) is 3.93. The maximum atomic E-state index is 13.3. The van der Waals surface area contributed by atoms with Crippen molar-refractivity contribution in [2.75, 3.05) is 20.2 Å². The highest BCUT2D eigenvalue weighted by Crippen LogP contribution is 2.34. The van der Waals surface area contributed by atoms with Crippen molar-refractivity contribution in [3.05, 3.63) is 47.3 Å². The molecule has 3 aliphatic heterocycles. The zero-order chi connectivity index (χ0) is 20.0. The summed E-state index contributed by atoms with van der Waals surface area (Å²) < 4.78 is 0. The molecule has 3 amide bonds. The first-order chi connectivity index (χ1) is 13.4. The van der Waals surface area contributed by atoms with Gasteiger partial charge in [-0.25, -0.2) is 9.79 Å². The summed E-state index contributed by atoms with van der Waals surface area (Å²) in [6.45, 7) is 4.91. The van der Waals surface area contributed by atoms with Gasteiger partial charge in [0.25, 0.3) is 5.91 Å². The number of fused-ring (bicyclic) bond motifs is 3. The summed E-state index contributed by atoms with van der Waals surface area (Å²) in [5.41, 5.74) is 3.02. The van der Waals surface area contributed by atoms with E-state index in [2.05, 4.69) is 4.99 Å². The lowest BCUT2D eigenvalue weighted by Gasteiger charge is -2.40. The topological polar surface area (TPSA) is 79.7 Å². The highest BCUT2D eigenvalue weighted by Gasteiger charge is 2.54. The number of benzene rings is 1. The Balaban J connectivity index is 1.60. The number of aliphatic imine (C=N–C) groups is 1. The molecule has 28 heavy (non-hydrogen) atoms. The number of imide groups is 1. The van der Waals surface area contributed by atoms with Crippen LogP contribution in [0, 0.1) is 6.92 Å². The molecule has 1 N–H and O–H groups in total. The van der Waals surface area contributed by atoms with Crippen LogP contribution in [-0.2, 0) is 11.3 Å². The lowest BCUT2D eigenvalue weighted by molar-refractivity contribution is -0.137. The number of rotatable bonds is 5. The number of amides is 3. The predicted molar refractivity (Wildman–Crippen MR) is 104 cm³/mol. The van der Waals surface area contributed by atoms with E-state index < -0.39 is 12.2 Å². The average Bonchev–Trinajstić information content (AvgIpc) is 3.18. The Labute approximate surface area is 164 Å². The molecule has 8 heteroatoms. The van der Waals surface area contributed by atoms with Gasteiger partial charge in [0.2, 0.25) is 5.96 Å². The van der Waals surface area contributed by atoms with Crippen molar-refractivity contribution in [2.24, 2.45) is 4.99 Å². The van der Waals surface area contributed by atoms with Crippen molar-refractivity contribution in [2.45, 2.75) is 39.0 Å². The van der Waals surface area contributed by atoms with Crippen molar-refractivity contribution in [1.82, 2.24) is 19.6 Å². The summed E-state index contributed by atoms with van der Waals surface area (Å²) >= 11 is 0. The Bertz CT molecular complexity index is 863.